The second-order valence-electron chi connectivity index (χ2n) is 4.57. The summed E-state index contributed by atoms with van der Waals surface area (Å²) in [5.41, 5.74) is 6.99. The predicted molar refractivity (Wildman–Crippen MR) is 87.4 cm³/mol. The molecule has 3 N–H and O–H groups in total. The normalized spacial score (nSPS) is 10.5. The molecule has 0 heterocycles. The number of hydrogen-bond acceptors (Lipinski definition) is 4. The lowest BCUT2D eigenvalue weighted by molar-refractivity contribution is 0.397. The Morgan fingerprint density at radius 1 is 1.09 bits per heavy atom. The van der Waals surface area contributed by atoms with Gasteiger partial charge in [-0.25, -0.2) is 0 Å². The first-order chi connectivity index (χ1) is 10.4. The number of nitrogens with two attached hydrogens (primary N) is 1. The maximum absolute atomic E-state index is 11.2. The fourth-order valence-electron chi connectivity index (χ4n) is 1.74. The molecule has 0 aliphatic rings. The average molecular weight is 320 g/mol. The average Bonchev–Trinajstić information content (AvgIpc) is 2.48. The third kappa shape index (κ3) is 5.67. The molecule has 0 saturated carbocycles. The molecule has 0 fully saturated rings. The fraction of sp³-hybridized carbons (Fsp3) is 0.188. The lowest BCUT2D eigenvalue weighted by atomic mass is 10.1. The van der Waals surface area contributed by atoms with Gasteiger partial charge in [-0.2, -0.15) is 8.42 Å². The Bertz CT molecular complexity index is 713. The highest BCUT2D eigenvalue weighted by Gasteiger charge is 2.14. The minimum absolute atomic E-state index is 0.214. The molecule has 0 bridgehead atoms. The maximum atomic E-state index is 11.2. The lowest BCUT2D eigenvalue weighted by Crippen LogP contribution is -2.12. The number of aryl methyl sites for hydroxylation is 1. The second-order valence-corrected chi connectivity index (χ2v) is 6.26. The van der Waals surface area contributed by atoms with Gasteiger partial charge >= 0.3 is 0 Å². The van der Waals surface area contributed by atoms with Crippen LogP contribution >= 0.6 is 0 Å². The van der Waals surface area contributed by atoms with Gasteiger partial charge < -0.3 is 5.73 Å². The topological polar surface area (TPSA) is 93.2 Å². The van der Waals surface area contributed by atoms with Crippen LogP contribution in [0.25, 0.3) is 0 Å². The number of amidine groups is 1. The van der Waals surface area contributed by atoms with Gasteiger partial charge in [0.05, 0.1) is 17.8 Å². The van der Waals surface area contributed by atoms with Gasteiger partial charge in [-0.05, 0) is 24.1 Å². The van der Waals surface area contributed by atoms with Crippen molar-refractivity contribution < 1.29 is 12.6 Å². The Labute approximate surface area is 131 Å². The van der Waals surface area contributed by atoms with E-state index in [0.29, 0.717) is 12.0 Å². The van der Waals surface area contributed by atoms with Gasteiger partial charge in [-0.1, -0.05) is 48.5 Å². The zero-order valence-corrected chi connectivity index (χ0v) is 13.4. The van der Waals surface area contributed by atoms with E-state index in [1.54, 1.807) is 25.1 Å². The molecule has 2 rings (SSSR count). The first-order valence-electron chi connectivity index (χ1n) is 6.60. The van der Waals surface area contributed by atoms with Gasteiger partial charge in [0, 0.05) is 6.42 Å². The van der Waals surface area contributed by atoms with Crippen LogP contribution < -0.4 is 5.73 Å². The minimum atomic E-state index is -3.53. The van der Waals surface area contributed by atoms with Crippen LogP contribution in [-0.2, 0) is 20.7 Å². The van der Waals surface area contributed by atoms with Crippen molar-refractivity contribution in [3.63, 3.8) is 0 Å². The Morgan fingerprint density at radius 2 is 1.64 bits per heavy atom. The highest BCUT2D eigenvalue weighted by atomic mass is 32.2. The van der Waals surface area contributed by atoms with E-state index in [4.69, 9.17) is 11.1 Å². The first kappa shape index (κ1) is 17.9. The monoisotopic (exact) mass is 320 g/mol. The molecule has 0 aliphatic heterocycles. The molecule has 0 spiro atoms. The van der Waals surface area contributed by atoms with Gasteiger partial charge in [-0.15, -0.1) is 0 Å². The molecule has 0 saturated heterocycles. The van der Waals surface area contributed by atoms with Crippen molar-refractivity contribution >= 4 is 16.0 Å². The molecule has 0 atom stereocenters. The van der Waals surface area contributed by atoms with Crippen LogP contribution in [0.15, 0.2) is 59.5 Å². The molecule has 22 heavy (non-hydrogen) atoms. The van der Waals surface area contributed by atoms with Crippen molar-refractivity contribution in [1.82, 2.24) is 0 Å². The summed E-state index contributed by atoms with van der Waals surface area (Å²) < 4.78 is 26.8. The quantitative estimate of drug-likeness (QED) is 0.514. The van der Waals surface area contributed by atoms with Gasteiger partial charge in [-0.3, -0.25) is 9.59 Å². The first-order valence-corrected chi connectivity index (χ1v) is 8.00. The molecule has 118 valence electrons. The largest absolute Gasteiger partial charge is 0.387 e. The minimum Gasteiger partial charge on any atom is -0.387 e. The number of rotatable bonds is 4. The van der Waals surface area contributed by atoms with Crippen LogP contribution in [0.4, 0.5) is 0 Å². The highest BCUT2D eigenvalue weighted by molar-refractivity contribution is 7.86. The van der Waals surface area contributed by atoms with E-state index in [1.165, 1.54) is 6.07 Å². The molecular weight excluding hydrogens is 300 g/mol. The Balaban J connectivity index is 0.000000224. The van der Waals surface area contributed by atoms with E-state index in [-0.39, 0.29) is 10.7 Å². The van der Waals surface area contributed by atoms with Gasteiger partial charge in [0.2, 0.25) is 0 Å². The molecule has 6 heteroatoms. The van der Waals surface area contributed by atoms with E-state index in [1.807, 2.05) is 30.3 Å². The Kier molecular flexibility index (Phi) is 6.75. The number of nitrogens with one attached hydrogen (secondary N) is 1. The third-order valence-corrected chi connectivity index (χ3v) is 4.26. The maximum Gasteiger partial charge on any atom is 0.296 e. The smallest absolute Gasteiger partial charge is 0.296 e. The summed E-state index contributed by atoms with van der Waals surface area (Å²) in [6.07, 6.45) is 0.556. The molecule has 0 amide bonds. The van der Waals surface area contributed by atoms with Crippen molar-refractivity contribution in [2.24, 2.45) is 5.73 Å². The van der Waals surface area contributed by atoms with Gasteiger partial charge in [0.25, 0.3) is 10.1 Å². The Morgan fingerprint density at radius 3 is 2.14 bits per heavy atom. The highest BCUT2D eigenvalue weighted by Crippen LogP contribution is 2.15. The van der Waals surface area contributed by atoms with E-state index >= 15 is 0 Å². The molecule has 5 nitrogen and oxygen atoms in total. The SMILES string of the molecule is COS(=O)(=O)c1ccccc1C.N=C(N)Cc1ccccc1. The van der Waals surface area contributed by atoms with Crippen LogP contribution in [0, 0.1) is 12.3 Å². The van der Waals surface area contributed by atoms with Crippen LogP contribution in [0.5, 0.6) is 0 Å². The summed E-state index contributed by atoms with van der Waals surface area (Å²) in [5.74, 6) is 0.214. The van der Waals surface area contributed by atoms with Crippen molar-refractivity contribution in [3.8, 4) is 0 Å². The van der Waals surface area contributed by atoms with Crippen LogP contribution in [-0.4, -0.2) is 21.4 Å². The second kappa shape index (κ2) is 8.31. The van der Waals surface area contributed by atoms with Crippen molar-refractivity contribution in [3.05, 3.63) is 65.7 Å². The van der Waals surface area contributed by atoms with Crippen molar-refractivity contribution in [1.29, 1.82) is 5.41 Å². The zero-order chi connectivity index (χ0) is 16.6. The summed E-state index contributed by atoms with van der Waals surface area (Å²) in [7, 11) is -2.37. The third-order valence-electron chi connectivity index (χ3n) is 2.82. The Hall–Kier alpha value is -2.18. The molecule has 0 radical (unpaired) electrons. The summed E-state index contributed by atoms with van der Waals surface area (Å²) in [6.45, 7) is 1.73. The summed E-state index contributed by atoms with van der Waals surface area (Å²) in [5, 5.41) is 7.01. The van der Waals surface area contributed by atoms with Crippen molar-refractivity contribution in [2.75, 3.05) is 7.11 Å². The molecule has 2 aromatic carbocycles. The van der Waals surface area contributed by atoms with E-state index in [9.17, 15) is 8.42 Å². The number of hydrogen-bond donors (Lipinski definition) is 2. The standard InChI is InChI=1S/C8H10N2.C8H10O3S/c9-8(10)6-7-4-2-1-3-5-7;1-7-5-3-4-6-8(7)12(9,10)11-2/h1-5H,6H2,(H3,9,10);3-6H,1-2H3. The summed E-state index contributed by atoms with van der Waals surface area (Å²) >= 11 is 0. The van der Waals surface area contributed by atoms with Crippen LogP contribution in [0.3, 0.4) is 0 Å². The molecule has 0 aromatic heterocycles. The molecule has 0 aliphatic carbocycles. The molecular formula is C16H20N2O3S. The summed E-state index contributed by atoms with van der Waals surface area (Å²) in [6, 6.07) is 16.5. The van der Waals surface area contributed by atoms with Gasteiger partial charge in [0.1, 0.15) is 0 Å². The predicted octanol–water partition coefficient (Wildman–Crippen LogP) is 2.50. The van der Waals surface area contributed by atoms with Crippen LogP contribution in [0.1, 0.15) is 11.1 Å². The van der Waals surface area contributed by atoms with E-state index in [2.05, 4.69) is 4.18 Å². The zero-order valence-electron chi connectivity index (χ0n) is 12.6. The lowest BCUT2D eigenvalue weighted by Gasteiger charge is -2.03. The van der Waals surface area contributed by atoms with E-state index < -0.39 is 10.1 Å². The number of benzene rings is 2. The fourth-order valence-corrected chi connectivity index (χ4v) is 2.63. The van der Waals surface area contributed by atoms with Crippen LogP contribution in [0.2, 0.25) is 0 Å². The van der Waals surface area contributed by atoms with Gasteiger partial charge in [0.15, 0.2) is 0 Å². The van der Waals surface area contributed by atoms with E-state index in [0.717, 1.165) is 12.7 Å². The van der Waals surface area contributed by atoms with Crippen molar-refractivity contribution in [2.45, 2.75) is 18.2 Å². The molecule has 0 unspecified atom stereocenters. The summed E-state index contributed by atoms with van der Waals surface area (Å²) in [4.78, 5) is 0.229. The molecule has 2 aromatic rings.